The van der Waals surface area contributed by atoms with Gasteiger partial charge in [-0.15, -0.1) is 0 Å². The molecule has 3 heteroatoms. The quantitative estimate of drug-likeness (QED) is 0.799. The molecule has 1 fully saturated rings. The number of hydrogen-bond acceptors (Lipinski definition) is 2. The van der Waals surface area contributed by atoms with Crippen molar-refractivity contribution in [3.8, 4) is 0 Å². The Morgan fingerprint density at radius 2 is 1.94 bits per heavy atom. The van der Waals surface area contributed by atoms with Crippen LogP contribution in [-0.4, -0.2) is 17.0 Å². The van der Waals surface area contributed by atoms with Crippen LogP contribution in [-0.2, 0) is 6.54 Å². The van der Waals surface area contributed by atoms with Crippen molar-refractivity contribution >= 4 is 5.69 Å². The summed E-state index contributed by atoms with van der Waals surface area (Å²) in [5.41, 5.74) is 6.56. The second-order valence-electron chi connectivity index (χ2n) is 5.12. The highest BCUT2D eigenvalue weighted by Crippen LogP contribution is 2.26. The lowest BCUT2D eigenvalue weighted by atomic mass is 9.96. The summed E-state index contributed by atoms with van der Waals surface area (Å²) in [6, 6.07) is 6.33. The summed E-state index contributed by atoms with van der Waals surface area (Å²) < 4.78 is 13.9. The van der Waals surface area contributed by atoms with Crippen molar-refractivity contribution in [1.82, 2.24) is 4.90 Å². The van der Waals surface area contributed by atoms with E-state index in [0.717, 1.165) is 0 Å². The lowest BCUT2D eigenvalue weighted by Gasteiger charge is -2.39. The molecule has 1 heterocycles. The van der Waals surface area contributed by atoms with Gasteiger partial charge in [0.05, 0.1) is 5.69 Å². The van der Waals surface area contributed by atoms with Gasteiger partial charge in [0.2, 0.25) is 0 Å². The summed E-state index contributed by atoms with van der Waals surface area (Å²) in [6.07, 6.45) is 3.68. The van der Waals surface area contributed by atoms with E-state index in [-0.39, 0.29) is 11.5 Å². The van der Waals surface area contributed by atoms with Crippen LogP contribution in [0.25, 0.3) is 0 Å². The molecule has 1 aliphatic rings. The Labute approximate surface area is 103 Å². The van der Waals surface area contributed by atoms with Crippen LogP contribution in [0.15, 0.2) is 18.2 Å². The van der Waals surface area contributed by atoms with Gasteiger partial charge in [0.25, 0.3) is 0 Å². The molecule has 0 aromatic heterocycles. The van der Waals surface area contributed by atoms with Gasteiger partial charge in [0.15, 0.2) is 5.82 Å². The third-order valence-electron chi connectivity index (χ3n) is 3.84. The Bertz CT molecular complexity index is 382. The zero-order valence-electron chi connectivity index (χ0n) is 10.6. The molecule has 2 N–H and O–H groups in total. The van der Waals surface area contributed by atoms with Gasteiger partial charge >= 0.3 is 0 Å². The van der Waals surface area contributed by atoms with E-state index >= 15 is 0 Å². The smallest absolute Gasteiger partial charge is 0.150 e. The maximum absolute atomic E-state index is 13.9. The Kier molecular flexibility index (Phi) is 3.67. The van der Waals surface area contributed by atoms with Gasteiger partial charge in [0.1, 0.15) is 0 Å². The molecule has 94 valence electrons. The van der Waals surface area contributed by atoms with E-state index in [9.17, 15) is 4.39 Å². The van der Waals surface area contributed by atoms with Crippen LogP contribution in [0.3, 0.4) is 0 Å². The Morgan fingerprint density at radius 1 is 1.29 bits per heavy atom. The van der Waals surface area contributed by atoms with E-state index in [1.807, 2.05) is 12.1 Å². The summed E-state index contributed by atoms with van der Waals surface area (Å²) in [5.74, 6) is -0.252. The Morgan fingerprint density at radius 3 is 2.59 bits per heavy atom. The fourth-order valence-electron chi connectivity index (χ4n) is 2.70. The van der Waals surface area contributed by atoms with Crippen molar-refractivity contribution in [3.05, 3.63) is 29.6 Å². The van der Waals surface area contributed by atoms with Crippen molar-refractivity contribution < 1.29 is 4.39 Å². The summed E-state index contributed by atoms with van der Waals surface area (Å²) in [6.45, 7) is 5.11. The number of anilines is 1. The molecular formula is C14H21FN2. The van der Waals surface area contributed by atoms with E-state index in [1.165, 1.54) is 19.3 Å². The predicted molar refractivity (Wildman–Crippen MR) is 69.1 cm³/mol. The molecule has 1 aliphatic heterocycles. The first-order chi connectivity index (χ1) is 8.09. The normalized spacial score (nSPS) is 26.1. The largest absolute Gasteiger partial charge is 0.396 e. The van der Waals surface area contributed by atoms with Crippen molar-refractivity contribution in [1.29, 1.82) is 0 Å². The molecule has 17 heavy (non-hydrogen) atoms. The first-order valence-electron chi connectivity index (χ1n) is 6.38. The van der Waals surface area contributed by atoms with Crippen molar-refractivity contribution in [2.75, 3.05) is 5.73 Å². The standard InChI is InChI=1S/C14H21FN2/c1-10-5-3-6-11(2)17(10)9-12-7-4-8-13(16)14(12)15/h4,7-8,10-11H,3,5-6,9,16H2,1-2H3/t10-,11+. The van der Waals surface area contributed by atoms with Gasteiger partial charge in [-0.2, -0.15) is 0 Å². The Hall–Kier alpha value is -1.09. The minimum absolute atomic E-state index is 0.250. The first-order valence-corrected chi connectivity index (χ1v) is 6.38. The van der Waals surface area contributed by atoms with E-state index < -0.39 is 0 Å². The van der Waals surface area contributed by atoms with E-state index in [2.05, 4.69) is 18.7 Å². The number of benzene rings is 1. The van der Waals surface area contributed by atoms with Gasteiger partial charge in [-0.1, -0.05) is 18.6 Å². The summed E-state index contributed by atoms with van der Waals surface area (Å²) >= 11 is 0. The maximum Gasteiger partial charge on any atom is 0.150 e. The first kappa shape index (κ1) is 12.4. The van der Waals surface area contributed by atoms with Gasteiger partial charge in [0, 0.05) is 24.2 Å². The molecule has 0 saturated carbocycles. The predicted octanol–water partition coefficient (Wildman–Crippen LogP) is 3.17. The van der Waals surface area contributed by atoms with Crippen LogP contribution in [0.2, 0.25) is 0 Å². The van der Waals surface area contributed by atoms with Crippen LogP contribution in [0.1, 0.15) is 38.7 Å². The fourth-order valence-corrected chi connectivity index (χ4v) is 2.70. The van der Waals surface area contributed by atoms with Crippen LogP contribution < -0.4 is 5.73 Å². The van der Waals surface area contributed by atoms with Crippen LogP contribution in [0.4, 0.5) is 10.1 Å². The summed E-state index contributed by atoms with van der Waals surface area (Å²) in [5, 5.41) is 0. The second kappa shape index (κ2) is 5.05. The maximum atomic E-state index is 13.9. The minimum atomic E-state index is -0.252. The molecule has 2 atom stereocenters. The number of piperidine rings is 1. The average molecular weight is 236 g/mol. The molecule has 1 aromatic carbocycles. The number of nitrogens with zero attached hydrogens (tertiary/aromatic N) is 1. The van der Waals surface area contributed by atoms with Crippen LogP contribution in [0, 0.1) is 5.82 Å². The topological polar surface area (TPSA) is 29.3 Å². The molecule has 0 amide bonds. The molecule has 0 unspecified atom stereocenters. The van der Waals surface area contributed by atoms with Gasteiger partial charge in [-0.3, -0.25) is 4.90 Å². The number of nitrogens with two attached hydrogens (primary N) is 1. The van der Waals surface area contributed by atoms with E-state index in [1.54, 1.807) is 6.07 Å². The lowest BCUT2D eigenvalue weighted by molar-refractivity contribution is 0.0940. The van der Waals surface area contributed by atoms with Crippen molar-refractivity contribution in [2.45, 2.75) is 51.7 Å². The second-order valence-corrected chi connectivity index (χ2v) is 5.12. The van der Waals surface area contributed by atoms with E-state index in [4.69, 9.17) is 5.73 Å². The molecule has 1 aromatic rings. The van der Waals surface area contributed by atoms with Crippen molar-refractivity contribution in [2.24, 2.45) is 0 Å². The SMILES string of the molecule is C[C@@H]1CCC[C@H](C)N1Cc1cccc(N)c1F. The number of nitrogen functional groups attached to an aromatic ring is 1. The van der Waals surface area contributed by atoms with Gasteiger partial charge < -0.3 is 5.73 Å². The molecule has 2 nitrogen and oxygen atoms in total. The number of hydrogen-bond donors (Lipinski definition) is 1. The molecule has 0 radical (unpaired) electrons. The average Bonchev–Trinajstić information content (AvgIpc) is 2.29. The van der Waals surface area contributed by atoms with Gasteiger partial charge in [-0.25, -0.2) is 4.39 Å². The number of halogens is 1. The van der Waals surface area contributed by atoms with Crippen molar-refractivity contribution in [3.63, 3.8) is 0 Å². The molecule has 1 saturated heterocycles. The minimum Gasteiger partial charge on any atom is -0.396 e. The number of rotatable bonds is 2. The molecule has 0 spiro atoms. The fraction of sp³-hybridized carbons (Fsp3) is 0.571. The van der Waals surface area contributed by atoms with Crippen LogP contribution >= 0.6 is 0 Å². The van der Waals surface area contributed by atoms with Gasteiger partial charge in [-0.05, 0) is 32.8 Å². The van der Waals surface area contributed by atoms with Crippen LogP contribution in [0.5, 0.6) is 0 Å². The molecule has 0 aliphatic carbocycles. The number of likely N-dealkylation sites (tertiary alicyclic amines) is 1. The molecular weight excluding hydrogens is 215 g/mol. The Balaban J connectivity index is 2.16. The molecule has 0 bridgehead atoms. The summed E-state index contributed by atoms with van der Waals surface area (Å²) in [4.78, 5) is 2.38. The molecule has 2 rings (SSSR count). The van der Waals surface area contributed by atoms with E-state index in [0.29, 0.717) is 24.2 Å². The zero-order valence-corrected chi connectivity index (χ0v) is 10.6. The monoisotopic (exact) mass is 236 g/mol. The summed E-state index contributed by atoms with van der Waals surface area (Å²) in [7, 11) is 0. The highest BCUT2D eigenvalue weighted by atomic mass is 19.1. The lowest BCUT2D eigenvalue weighted by Crippen LogP contribution is -2.43. The zero-order chi connectivity index (χ0) is 12.4. The highest BCUT2D eigenvalue weighted by molar-refractivity contribution is 5.42. The third kappa shape index (κ3) is 2.60. The highest BCUT2D eigenvalue weighted by Gasteiger charge is 2.25. The third-order valence-corrected chi connectivity index (χ3v) is 3.84.